The molecule has 0 aliphatic heterocycles. The van der Waals surface area contributed by atoms with E-state index in [-0.39, 0.29) is 6.04 Å². The fourth-order valence-corrected chi connectivity index (χ4v) is 2.30. The first kappa shape index (κ1) is 14.3. The monoisotopic (exact) mass is 264 g/mol. The summed E-state index contributed by atoms with van der Waals surface area (Å²) in [7, 11) is 0. The van der Waals surface area contributed by atoms with Crippen LogP contribution in [0.2, 0.25) is 0 Å². The Labute approximate surface area is 121 Å². The van der Waals surface area contributed by atoms with E-state index in [1.807, 2.05) is 24.3 Å². The number of hydrogen-bond donors (Lipinski definition) is 1. The second-order valence-corrected chi connectivity index (χ2v) is 4.87. The highest BCUT2D eigenvalue weighted by atomic mass is 14.9. The van der Waals surface area contributed by atoms with E-state index in [1.165, 1.54) is 11.1 Å². The van der Waals surface area contributed by atoms with Crippen molar-refractivity contribution >= 4 is 0 Å². The Hall–Kier alpha value is -2.11. The number of aryl methyl sites for hydroxylation is 1. The van der Waals surface area contributed by atoms with Crippen molar-refractivity contribution in [1.29, 1.82) is 5.26 Å². The van der Waals surface area contributed by atoms with Gasteiger partial charge in [0.1, 0.15) is 0 Å². The van der Waals surface area contributed by atoms with E-state index in [0.29, 0.717) is 6.42 Å². The zero-order valence-electron chi connectivity index (χ0n) is 11.6. The lowest BCUT2D eigenvalue weighted by Crippen LogP contribution is -2.22. The molecule has 102 valence electrons. The number of benzene rings is 2. The molecular formula is C18H20N2. The number of nitrogens with one attached hydrogen (secondary N) is 1. The molecule has 1 N–H and O–H groups in total. The van der Waals surface area contributed by atoms with E-state index in [4.69, 9.17) is 5.26 Å². The molecule has 0 spiro atoms. The lowest BCUT2D eigenvalue weighted by molar-refractivity contribution is 0.531. The minimum atomic E-state index is 0.136. The van der Waals surface area contributed by atoms with Crippen LogP contribution in [0.5, 0.6) is 0 Å². The first-order valence-electron chi connectivity index (χ1n) is 7.09. The number of rotatable bonds is 7. The maximum atomic E-state index is 8.94. The molecule has 0 heterocycles. The Balaban J connectivity index is 1.80. The summed E-state index contributed by atoms with van der Waals surface area (Å²) >= 11 is 0. The average Bonchev–Trinajstić information content (AvgIpc) is 2.52. The Bertz CT molecular complexity index is 528. The van der Waals surface area contributed by atoms with E-state index in [1.54, 1.807) is 0 Å². The van der Waals surface area contributed by atoms with Crippen molar-refractivity contribution in [3.63, 3.8) is 0 Å². The first-order chi connectivity index (χ1) is 9.90. The van der Waals surface area contributed by atoms with E-state index < -0.39 is 0 Å². The largest absolute Gasteiger partial charge is 0.309 e. The van der Waals surface area contributed by atoms with Crippen molar-refractivity contribution in [2.45, 2.75) is 25.3 Å². The molecular weight excluding hydrogens is 244 g/mol. The van der Waals surface area contributed by atoms with Crippen LogP contribution in [0.3, 0.4) is 0 Å². The summed E-state index contributed by atoms with van der Waals surface area (Å²) in [4.78, 5) is 0. The third kappa shape index (κ3) is 4.53. The van der Waals surface area contributed by atoms with Gasteiger partial charge < -0.3 is 5.32 Å². The van der Waals surface area contributed by atoms with E-state index in [2.05, 4.69) is 47.8 Å². The predicted octanol–water partition coefficient (Wildman–Crippen LogP) is 3.86. The molecule has 0 radical (unpaired) electrons. The molecule has 0 bridgehead atoms. The smallest absolute Gasteiger partial charge is 0.0641 e. The minimum absolute atomic E-state index is 0.136. The molecule has 0 aliphatic rings. The quantitative estimate of drug-likeness (QED) is 0.771. The van der Waals surface area contributed by atoms with E-state index >= 15 is 0 Å². The normalized spacial score (nSPS) is 11.8. The Morgan fingerprint density at radius 3 is 2.25 bits per heavy atom. The second-order valence-electron chi connectivity index (χ2n) is 4.87. The van der Waals surface area contributed by atoms with Gasteiger partial charge >= 0.3 is 0 Å². The van der Waals surface area contributed by atoms with Crippen LogP contribution < -0.4 is 5.32 Å². The Morgan fingerprint density at radius 2 is 1.60 bits per heavy atom. The van der Waals surface area contributed by atoms with Gasteiger partial charge in [-0.05, 0) is 30.5 Å². The molecule has 2 aromatic rings. The van der Waals surface area contributed by atoms with Crippen molar-refractivity contribution < 1.29 is 0 Å². The van der Waals surface area contributed by atoms with Gasteiger partial charge in [0, 0.05) is 6.04 Å². The number of hydrogen-bond acceptors (Lipinski definition) is 2. The fraction of sp³-hybridized carbons (Fsp3) is 0.278. The molecule has 0 aliphatic carbocycles. The maximum absolute atomic E-state index is 8.94. The summed E-state index contributed by atoms with van der Waals surface area (Å²) in [5.41, 5.74) is 2.56. The lowest BCUT2D eigenvalue weighted by Gasteiger charge is -2.16. The second kappa shape index (κ2) is 8.14. The molecule has 20 heavy (non-hydrogen) atoms. The van der Waals surface area contributed by atoms with Gasteiger partial charge in [-0.15, -0.1) is 0 Å². The molecule has 2 nitrogen and oxygen atoms in total. The molecule has 0 saturated heterocycles. The lowest BCUT2D eigenvalue weighted by atomic mass is 10.0. The van der Waals surface area contributed by atoms with Gasteiger partial charge in [-0.2, -0.15) is 5.26 Å². The van der Waals surface area contributed by atoms with Crippen molar-refractivity contribution in [3.05, 3.63) is 71.8 Å². The van der Waals surface area contributed by atoms with Crippen LogP contribution in [0, 0.1) is 11.3 Å². The van der Waals surface area contributed by atoms with Gasteiger partial charge in [0.2, 0.25) is 0 Å². The van der Waals surface area contributed by atoms with Crippen LogP contribution in [-0.2, 0) is 6.42 Å². The van der Waals surface area contributed by atoms with Gasteiger partial charge in [-0.25, -0.2) is 0 Å². The van der Waals surface area contributed by atoms with Crippen molar-refractivity contribution in [3.8, 4) is 6.07 Å². The highest BCUT2D eigenvalue weighted by Gasteiger charge is 2.09. The van der Waals surface area contributed by atoms with Gasteiger partial charge in [0.25, 0.3) is 0 Å². The third-order valence-electron chi connectivity index (χ3n) is 3.37. The van der Waals surface area contributed by atoms with Gasteiger partial charge in [-0.3, -0.25) is 0 Å². The van der Waals surface area contributed by atoms with Crippen LogP contribution in [0.4, 0.5) is 0 Å². The Kier molecular flexibility index (Phi) is 5.82. The molecule has 1 atom stereocenters. The molecule has 0 saturated carbocycles. The van der Waals surface area contributed by atoms with E-state index in [9.17, 15) is 0 Å². The van der Waals surface area contributed by atoms with Crippen LogP contribution in [0.1, 0.15) is 30.0 Å². The van der Waals surface area contributed by atoms with Gasteiger partial charge in [0.15, 0.2) is 0 Å². The molecule has 0 amide bonds. The third-order valence-corrected chi connectivity index (χ3v) is 3.37. The van der Waals surface area contributed by atoms with Crippen LogP contribution in [-0.4, -0.2) is 6.54 Å². The van der Waals surface area contributed by atoms with Gasteiger partial charge in [0.05, 0.1) is 12.5 Å². The molecule has 2 heteroatoms. The highest BCUT2D eigenvalue weighted by molar-refractivity contribution is 5.20. The molecule has 0 fully saturated rings. The number of nitrogens with zero attached hydrogens (tertiary/aromatic N) is 1. The zero-order valence-corrected chi connectivity index (χ0v) is 11.6. The summed E-state index contributed by atoms with van der Waals surface area (Å²) in [5, 5.41) is 12.4. The van der Waals surface area contributed by atoms with E-state index in [0.717, 1.165) is 19.4 Å². The standard InChI is InChI=1S/C18H20N2/c19-14-13-18(17-11-5-2-6-12-17)20-15-7-10-16-8-3-1-4-9-16/h1-6,8-9,11-12,18,20H,7,10,13,15H2. The van der Waals surface area contributed by atoms with Gasteiger partial charge in [-0.1, -0.05) is 60.7 Å². The predicted molar refractivity (Wildman–Crippen MR) is 82.2 cm³/mol. The maximum Gasteiger partial charge on any atom is 0.0641 e. The SMILES string of the molecule is N#CCC(NCCCc1ccccc1)c1ccccc1. The topological polar surface area (TPSA) is 35.8 Å². The van der Waals surface area contributed by atoms with Crippen molar-refractivity contribution in [1.82, 2.24) is 5.32 Å². The summed E-state index contributed by atoms with van der Waals surface area (Å²) in [6, 6.07) is 23.1. The van der Waals surface area contributed by atoms with Crippen LogP contribution >= 0.6 is 0 Å². The molecule has 2 rings (SSSR count). The summed E-state index contributed by atoms with van der Waals surface area (Å²) < 4.78 is 0. The Morgan fingerprint density at radius 1 is 0.950 bits per heavy atom. The minimum Gasteiger partial charge on any atom is -0.309 e. The summed E-state index contributed by atoms with van der Waals surface area (Å²) in [6.07, 6.45) is 2.66. The van der Waals surface area contributed by atoms with Crippen LogP contribution in [0.15, 0.2) is 60.7 Å². The van der Waals surface area contributed by atoms with Crippen LogP contribution in [0.25, 0.3) is 0 Å². The first-order valence-corrected chi connectivity index (χ1v) is 7.09. The van der Waals surface area contributed by atoms with Crippen molar-refractivity contribution in [2.75, 3.05) is 6.54 Å². The molecule has 1 unspecified atom stereocenters. The summed E-state index contributed by atoms with van der Waals surface area (Å²) in [6.45, 7) is 0.927. The number of nitriles is 1. The summed E-state index contributed by atoms with van der Waals surface area (Å²) in [5.74, 6) is 0. The average molecular weight is 264 g/mol. The molecule has 2 aromatic carbocycles. The fourth-order valence-electron chi connectivity index (χ4n) is 2.30. The highest BCUT2D eigenvalue weighted by Crippen LogP contribution is 2.15. The molecule has 0 aromatic heterocycles. The van der Waals surface area contributed by atoms with Crippen molar-refractivity contribution in [2.24, 2.45) is 0 Å². The zero-order chi connectivity index (χ0) is 14.0.